The van der Waals surface area contributed by atoms with Crippen LogP contribution < -0.4 is 10.2 Å². The second-order valence-corrected chi connectivity index (χ2v) is 4.99. The minimum atomic E-state index is 0.848. The molecular formula is C16H18N2O. The molecule has 2 aliphatic rings. The Morgan fingerprint density at radius 2 is 2.05 bits per heavy atom. The van der Waals surface area contributed by atoms with E-state index in [1.54, 1.807) is 0 Å². The van der Waals surface area contributed by atoms with Gasteiger partial charge in [-0.3, -0.25) is 4.79 Å². The van der Waals surface area contributed by atoms with Crippen LogP contribution in [0.4, 0.5) is 5.69 Å². The molecule has 3 heteroatoms. The van der Waals surface area contributed by atoms with Crippen molar-refractivity contribution in [2.75, 3.05) is 18.5 Å². The molecule has 0 fully saturated rings. The summed E-state index contributed by atoms with van der Waals surface area (Å²) in [5.41, 5.74) is 5.84. The number of benzene rings is 1. The number of fused-ring (bicyclic) bond motifs is 1. The van der Waals surface area contributed by atoms with Gasteiger partial charge in [0.2, 0.25) is 0 Å². The highest BCUT2D eigenvalue weighted by Crippen LogP contribution is 2.33. The lowest BCUT2D eigenvalue weighted by Gasteiger charge is -2.16. The van der Waals surface area contributed by atoms with Crippen molar-refractivity contribution >= 4 is 12.0 Å². The van der Waals surface area contributed by atoms with E-state index in [4.69, 9.17) is 0 Å². The minimum Gasteiger partial charge on any atom is -0.388 e. The van der Waals surface area contributed by atoms with Crippen molar-refractivity contribution in [3.05, 3.63) is 52.9 Å². The van der Waals surface area contributed by atoms with Gasteiger partial charge in [0.1, 0.15) is 6.29 Å². The Morgan fingerprint density at radius 1 is 1.21 bits per heavy atom. The Morgan fingerprint density at radius 3 is 2.84 bits per heavy atom. The topological polar surface area (TPSA) is 32.3 Å². The first-order valence-electron chi connectivity index (χ1n) is 6.75. The van der Waals surface area contributed by atoms with Crippen LogP contribution in [0.15, 0.2) is 47.3 Å². The number of hydrogen-bond donors (Lipinski definition) is 1. The molecule has 3 nitrogen and oxygen atoms in total. The molecule has 0 saturated heterocycles. The van der Waals surface area contributed by atoms with Crippen LogP contribution in [0, 0.1) is 0 Å². The summed E-state index contributed by atoms with van der Waals surface area (Å²) in [5, 5.41) is 3.17. The molecule has 0 bridgehead atoms. The van der Waals surface area contributed by atoms with Crippen molar-refractivity contribution in [2.45, 2.75) is 19.3 Å². The summed E-state index contributed by atoms with van der Waals surface area (Å²) in [4.78, 5) is 13.3. The first-order valence-corrected chi connectivity index (χ1v) is 6.75. The number of para-hydroxylation sites is 1. The van der Waals surface area contributed by atoms with E-state index in [1.807, 2.05) is 7.05 Å². The molecule has 0 radical (unpaired) electrons. The summed E-state index contributed by atoms with van der Waals surface area (Å²) in [6.45, 7) is 1.02. The number of rotatable bonds is 3. The number of likely N-dealkylation sites (N-methyl/N-ethyl adjacent to an activating group) is 1. The van der Waals surface area contributed by atoms with E-state index in [9.17, 15) is 4.79 Å². The van der Waals surface area contributed by atoms with Gasteiger partial charge in [0.25, 0.3) is 0 Å². The van der Waals surface area contributed by atoms with Gasteiger partial charge < -0.3 is 10.2 Å². The van der Waals surface area contributed by atoms with Gasteiger partial charge in [0.15, 0.2) is 0 Å². The Labute approximate surface area is 113 Å². The molecule has 3 rings (SSSR count). The van der Waals surface area contributed by atoms with Crippen molar-refractivity contribution in [3.8, 4) is 0 Å². The smallest absolute Gasteiger partial charge is 0.148 e. The number of anilines is 1. The molecular weight excluding hydrogens is 236 g/mol. The predicted octanol–water partition coefficient (Wildman–Crippen LogP) is 2.40. The average molecular weight is 254 g/mol. The number of carbonyl (C=O) groups excluding carboxylic acids is 1. The van der Waals surface area contributed by atoms with Gasteiger partial charge in [-0.1, -0.05) is 18.2 Å². The van der Waals surface area contributed by atoms with E-state index in [-0.39, 0.29) is 0 Å². The van der Waals surface area contributed by atoms with Crippen molar-refractivity contribution in [1.82, 2.24) is 5.32 Å². The van der Waals surface area contributed by atoms with E-state index < -0.39 is 0 Å². The summed E-state index contributed by atoms with van der Waals surface area (Å²) < 4.78 is 0. The van der Waals surface area contributed by atoms with E-state index >= 15 is 0 Å². The molecule has 0 spiro atoms. The Balaban J connectivity index is 1.92. The lowest BCUT2D eigenvalue weighted by atomic mass is 10.2. The highest BCUT2D eigenvalue weighted by Gasteiger charge is 2.22. The van der Waals surface area contributed by atoms with Gasteiger partial charge in [-0.2, -0.15) is 0 Å². The molecule has 1 aliphatic heterocycles. The van der Waals surface area contributed by atoms with E-state index in [1.165, 1.54) is 16.8 Å². The van der Waals surface area contributed by atoms with Crippen LogP contribution in [0.25, 0.3) is 0 Å². The van der Waals surface area contributed by atoms with Gasteiger partial charge in [-0.05, 0) is 36.5 Å². The second kappa shape index (κ2) is 4.92. The van der Waals surface area contributed by atoms with Gasteiger partial charge in [-0.25, -0.2) is 0 Å². The fourth-order valence-corrected chi connectivity index (χ4v) is 2.98. The Hall–Kier alpha value is -2.03. The van der Waals surface area contributed by atoms with Crippen LogP contribution in [0.3, 0.4) is 0 Å². The highest BCUT2D eigenvalue weighted by atomic mass is 16.1. The van der Waals surface area contributed by atoms with Crippen LogP contribution in [-0.4, -0.2) is 19.9 Å². The maximum Gasteiger partial charge on any atom is 0.148 e. The monoisotopic (exact) mass is 254 g/mol. The van der Waals surface area contributed by atoms with Crippen molar-refractivity contribution in [2.24, 2.45) is 0 Å². The largest absolute Gasteiger partial charge is 0.388 e. The molecule has 1 aromatic rings. The van der Waals surface area contributed by atoms with Crippen molar-refractivity contribution < 1.29 is 4.79 Å². The lowest BCUT2D eigenvalue weighted by Crippen LogP contribution is -2.15. The molecule has 1 N–H and O–H groups in total. The third kappa shape index (κ3) is 2.05. The highest BCUT2D eigenvalue weighted by molar-refractivity contribution is 5.78. The fraction of sp³-hybridized carbons (Fsp3) is 0.312. The number of nitrogens with zero attached hydrogens (tertiary/aromatic N) is 1. The Kier molecular flexibility index (Phi) is 3.11. The minimum absolute atomic E-state index is 0.848. The SMILES string of the molecule is CNC1=C(C=O)CC/C1=C\N1CCc2ccccc21. The maximum atomic E-state index is 11.0. The molecule has 0 aromatic heterocycles. The molecule has 1 aromatic carbocycles. The number of aldehydes is 1. The molecule has 0 unspecified atom stereocenters. The van der Waals surface area contributed by atoms with Gasteiger partial charge in [-0.15, -0.1) is 0 Å². The van der Waals surface area contributed by atoms with Gasteiger partial charge >= 0.3 is 0 Å². The normalized spacial score (nSPS) is 20.1. The van der Waals surface area contributed by atoms with Crippen LogP contribution in [0.5, 0.6) is 0 Å². The van der Waals surface area contributed by atoms with Gasteiger partial charge in [0.05, 0.1) is 0 Å². The second-order valence-electron chi connectivity index (χ2n) is 4.99. The molecule has 0 saturated carbocycles. The van der Waals surface area contributed by atoms with Crippen LogP contribution in [0.1, 0.15) is 18.4 Å². The summed E-state index contributed by atoms with van der Waals surface area (Å²) in [6, 6.07) is 8.52. The van der Waals surface area contributed by atoms with E-state index in [0.29, 0.717) is 0 Å². The summed E-state index contributed by atoms with van der Waals surface area (Å²) in [6.07, 6.45) is 6.07. The van der Waals surface area contributed by atoms with Crippen molar-refractivity contribution in [1.29, 1.82) is 0 Å². The summed E-state index contributed by atoms with van der Waals surface area (Å²) in [7, 11) is 1.88. The van der Waals surface area contributed by atoms with Crippen LogP contribution >= 0.6 is 0 Å². The number of allylic oxidation sites excluding steroid dienone is 2. The van der Waals surface area contributed by atoms with E-state index in [0.717, 1.165) is 43.4 Å². The van der Waals surface area contributed by atoms with Crippen LogP contribution in [-0.2, 0) is 11.2 Å². The first kappa shape index (κ1) is 12.0. The molecule has 19 heavy (non-hydrogen) atoms. The molecule has 1 aliphatic carbocycles. The predicted molar refractivity (Wildman–Crippen MR) is 77.0 cm³/mol. The van der Waals surface area contributed by atoms with Crippen LogP contribution in [0.2, 0.25) is 0 Å². The fourth-order valence-electron chi connectivity index (χ4n) is 2.98. The summed E-state index contributed by atoms with van der Waals surface area (Å²) >= 11 is 0. The molecule has 1 heterocycles. The quantitative estimate of drug-likeness (QED) is 0.841. The molecule has 0 atom stereocenters. The number of carbonyl (C=O) groups is 1. The van der Waals surface area contributed by atoms with E-state index in [2.05, 4.69) is 40.7 Å². The Bertz CT molecular complexity index is 572. The van der Waals surface area contributed by atoms with Crippen molar-refractivity contribution in [3.63, 3.8) is 0 Å². The molecule has 98 valence electrons. The number of nitrogens with one attached hydrogen (secondary N) is 1. The third-order valence-corrected chi connectivity index (χ3v) is 3.93. The zero-order valence-corrected chi connectivity index (χ0v) is 11.1. The summed E-state index contributed by atoms with van der Waals surface area (Å²) in [5.74, 6) is 0. The lowest BCUT2D eigenvalue weighted by molar-refractivity contribution is -0.105. The van der Waals surface area contributed by atoms with Gasteiger partial charge in [0, 0.05) is 36.7 Å². The first-order chi connectivity index (χ1) is 9.33. The molecule has 0 amide bonds. The average Bonchev–Trinajstić information content (AvgIpc) is 3.03. The maximum absolute atomic E-state index is 11.0. The number of hydrogen-bond acceptors (Lipinski definition) is 3. The standard InChI is InChI=1S/C16H18N2O/c1-17-16-13(6-7-14(16)11-19)10-18-9-8-12-4-2-3-5-15(12)18/h2-5,10-11,17H,6-9H2,1H3/b13-10+. The zero-order valence-electron chi connectivity index (χ0n) is 11.1. The zero-order chi connectivity index (χ0) is 13.2. The third-order valence-electron chi connectivity index (χ3n) is 3.93.